The molecule has 0 spiro atoms. The Labute approximate surface area is 108 Å². The van der Waals surface area contributed by atoms with Gasteiger partial charge in [-0.05, 0) is 41.9 Å². The summed E-state index contributed by atoms with van der Waals surface area (Å²) in [4.78, 5) is 12.7. The fourth-order valence-electron chi connectivity index (χ4n) is 1.15. The highest BCUT2D eigenvalue weighted by Crippen LogP contribution is 2.21. The molecular formula is C11H16BrNO2S. The summed E-state index contributed by atoms with van der Waals surface area (Å²) >= 11 is 5.01. The van der Waals surface area contributed by atoms with E-state index in [0.29, 0.717) is 13.0 Å². The van der Waals surface area contributed by atoms with Crippen LogP contribution in [-0.2, 0) is 16.1 Å². The van der Waals surface area contributed by atoms with E-state index >= 15 is 0 Å². The van der Waals surface area contributed by atoms with Gasteiger partial charge in [-0.25, -0.2) is 0 Å². The molecule has 16 heavy (non-hydrogen) atoms. The molecule has 0 fully saturated rings. The Morgan fingerprint density at radius 1 is 1.56 bits per heavy atom. The Balaban J connectivity index is 2.36. The van der Waals surface area contributed by atoms with E-state index in [4.69, 9.17) is 4.74 Å². The van der Waals surface area contributed by atoms with Gasteiger partial charge in [0, 0.05) is 12.0 Å². The molecule has 1 aromatic rings. The van der Waals surface area contributed by atoms with Gasteiger partial charge in [0.2, 0.25) is 5.91 Å². The lowest BCUT2D eigenvalue weighted by Crippen LogP contribution is -2.33. The second-order valence-electron chi connectivity index (χ2n) is 4.12. The Bertz CT molecular complexity index is 363. The van der Waals surface area contributed by atoms with Crippen LogP contribution in [-0.4, -0.2) is 18.6 Å². The predicted octanol–water partition coefficient (Wildman–Crippen LogP) is 2.94. The average molecular weight is 306 g/mol. The quantitative estimate of drug-likeness (QED) is 0.908. The van der Waals surface area contributed by atoms with Gasteiger partial charge in [-0.15, -0.1) is 11.3 Å². The summed E-state index contributed by atoms with van der Waals surface area (Å²) in [7, 11) is 1.61. The maximum Gasteiger partial charge on any atom is 0.223 e. The maximum atomic E-state index is 11.6. The molecule has 1 rings (SSSR count). The summed E-state index contributed by atoms with van der Waals surface area (Å²) in [5.41, 5.74) is -0.403. The molecule has 0 aromatic carbocycles. The highest BCUT2D eigenvalue weighted by atomic mass is 79.9. The molecule has 0 saturated carbocycles. The van der Waals surface area contributed by atoms with Crippen LogP contribution in [0.15, 0.2) is 15.9 Å². The molecule has 0 unspecified atom stereocenters. The van der Waals surface area contributed by atoms with Gasteiger partial charge < -0.3 is 10.1 Å². The number of rotatable bonds is 5. The summed E-state index contributed by atoms with van der Waals surface area (Å²) in [6.07, 6.45) is 0.371. The lowest BCUT2D eigenvalue weighted by molar-refractivity contribution is -0.126. The van der Waals surface area contributed by atoms with E-state index in [1.165, 1.54) is 0 Å². The molecule has 0 radical (unpaired) electrons. The normalized spacial score (nSPS) is 11.5. The lowest BCUT2D eigenvalue weighted by atomic mass is 10.1. The van der Waals surface area contributed by atoms with E-state index in [-0.39, 0.29) is 5.91 Å². The number of hydrogen-bond acceptors (Lipinski definition) is 3. The van der Waals surface area contributed by atoms with Crippen molar-refractivity contribution in [1.29, 1.82) is 0 Å². The Morgan fingerprint density at radius 3 is 2.75 bits per heavy atom. The van der Waals surface area contributed by atoms with Crippen LogP contribution in [0.2, 0.25) is 0 Å². The third-order valence-electron chi connectivity index (χ3n) is 2.23. The standard InChI is InChI=1S/C11H16BrNO2S/c1-11(2,15-3)6-10(14)13-7-8-4-5-9(12)16-8/h4-5H,6-7H2,1-3H3,(H,13,14). The van der Waals surface area contributed by atoms with E-state index in [0.717, 1.165) is 8.66 Å². The van der Waals surface area contributed by atoms with Crippen LogP contribution < -0.4 is 5.32 Å². The van der Waals surface area contributed by atoms with Gasteiger partial charge in [0.1, 0.15) is 0 Å². The number of thiophene rings is 1. The van der Waals surface area contributed by atoms with Crippen LogP contribution in [0.4, 0.5) is 0 Å². The van der Waals surface area contributed by atoms with Gasteiger partial charge in [-0.2, -0.15) is 0 Å². The first-order valence-corrected chi connectivity index (χ1v) is 6.60. The van der Waals surface area contributed by atoms with Crippen LogP contribution in [0.1, 0.15) is 25.1 Å². The van der Waals surface area contributed by atoms with Crippen LogP contribution in [0.25, 0.3) is 0 Å². The summed E-state index contributed by atoms with van der Waals surface area (Å²) in [6, 6.07) is 3.97. The Hall–Kier alpha value is -0.390. The van der Waals surface area contributed by atoms with Crippen LogP contribution in [0.5, 0.6) is 0 Å². The van der Waals surface area contributed by atoms with Crippen molar-refractivity contribution in [2.75, 3.05) is 7.11 Å². The number of amides is 1. The molecule has 3 nitrogen and oxygen atoms in total. The van der Waals surface area contributed by atoms with Gasteiger partial charge >= 0.3 is 0 Å². The fourth-order valence-corrected chi connectivity index (χ4v) is 2.58. The third kappa shape index (κ3) is 4.63. The average Bonchev–Trinajstić information content (AvgIpc) is 2.61. The van der Waals surface area contributed by atoms with E-state index in [1.54, 1.807) is 18.4 Å². The minimum absolute atomic E-state index is 0.0105. The van der Waals surface area contributed by atoms with E-state index in [1.807, 2.05) is 26.0 Å². The number of hydrogen-bond donors (Lipinski definition) is 1. The molecule has 0 bridgehead atoms. The molecule has 0 aliphatic carbocycles. The van der Waals surface area contributed by atoms with Gasteiger partial charge in [0.25, 0.3) is 0 Å². The molecule has 0 saturated heterocycles. The van der Waals surface area contributed by atoms with Crippen molar-refractivity contribution in [2.24, 2.45) is 0 Å². The van der Waals surface area contributed by atoms with Gasteiger partial charge in [0.15, 0.2) is 0 Å². The topological polar surface area (TPSA) is 38.3 Å². The van der Waals surface area contributed by atoms with Crippen LogP contribution in [0.3, 0.4) is 0 Å². The van der Waals surface area contributed by atoms with Crippen molar-refractivity contribution in [1.82, 2.24) is 5.32 Å². The molecule has 5 heteroatoms. The minimum atomic E-state index is -0.403. The molecule has 0 aliphatic heterocycles. The Kier molecular flexibility index (Phi) is 4.95. The van der Waals surface area contributed by atoms with Gasteiger partial charge in [-0.3, -0.25) is 4.79 Å². The number of carbonyl (C=O) groups is 1. The highest BCUT2D eigenvalue weighted by Gasteiger charge is 2.20. The van der Waals surface area contributed by atoms with E-state index < -0.39 is 5.60 Å². The third-order valence-corrected chi connectivity index (χ3v) is 3.85. The second kappa shape index (κ2) is 5.80. The van der Waals surface area contributed by atoms with E-state index in [9.17, 15) is 4.79 Å². The summed E-state index contributed by atoms with van der Waals surface area (Å²) in [6.45, 7) is 4.37. The number of methoxy groups -OCH3 is 1. The van der Waals surface area contributed by atoms with Crippen LogP contribution in [0, 0.1) is 0 Å². The second-order valence-corrected chi connectivity index (χ2v) is 6.67. The monoisotopic (exact) mass is 305 g/mol. The SMILES string of the molecule is COC(C)(C)CC(=O)NCc1ccc(Br)s1. The summed E-state index contributed by atoms with van der Waals surface area (Å²) in [5.74, 6) is 0.0105. The largest absolute Gasteiger partial charge is 0.378 e. The molecule has 0 aliphatic rings. The molecule has 1 amide bonds. The predicted molar refractivity (Wildman–Crippen MR) is 69.6 cm³/mol. The Morgan fingerprint density at radius 2 is 2.25 bits per heavy atom. The van der Waals surface area contributed by atoms with E-state index in [2.05, 4.69) is 21.2 Å². The smallest absolute Gasteiger partial charge is 0.223 e. The fraction of sp³-hybridized carbons (Fsp3) is 0.545. The van der Waals surface area contributed by atoms with Crippen molar-refractivity contribution in [3.05, 3.63) is 20.8 Å². The minimum Gasteiger partial charge on any atom is -0.378 e. The number of ether oxygens (including phenoxy) is 1. The van der Waals surface area contributed by atoms with Crippen molar-refractivity contribution in [2.45, 2.75) is 32.4 Å². The van der Waals surface area contributed by atoms with Gasteiger partial charge in [0.05, 0.1) is 22.4 Å². The maximum absolute atomic E-state index is 11.6. The molecule has 0 atom stereocenters. The van der Waals surface area contributed by atoms with Gasteiger partial charge in [-0.1, -0.05) is 0 Å². The molecular weight excluding hydrogens is 290 g/mol. The van der Waals surface area contributed by atoms with Crippen molar-refractivity contribution >= 4 is 33.2 Å². The summed E-state index contributed by atoms with van der Waals surface area (Å²) < 4.78 is 6.28. The molecule has 1 heterocycles. The molecule has 1 N–H and O–H groups in total. The first-order valence-electron chi connectivity index (χ1n) is 4.99. The van der Waals surface area contributed by atoms with Crippen molar-refractivity contribution in [3.63, 3.8) is 0 Å². The van der Waals surface area contributed by atoms with Crippen molar-refractivity contribution in [3.8, 4) is 0 Å². The number of nitrogens with one attached hydrogen (secondary N) is 1. The molecule has 1 aromatic heterocycles. The summed E-state index contributed by atoms with van der Waals surface area (Å²) in [5, 5.41) is 2.87. The first kappa shape index (κ1) is 13.7. The highest BCUT2D eigenvalue weighted by molar-refractivity contribution is 9.11. The zero-order chi connectivity index (χ0) is 12.2. The zero-order valence-electron chi connectivity index (χ0n) is 9.67. The number of halogens is 1. The van der Waals surface area contributed by atoms with Crippen LogP contribution >= 0.6 is 27.3 Å². The molecule has 90 valence electrons. The number of carbonyl (C=O) groups excluding carboxylic acids is 1. The first-order chi connectivity index (χ1) is 7.43. The zero-order valence-corrected chi connectivity index (χ0v) is 12.1. The lowest BCUT2D eigenvalue weighted by Gasteiger charge is -2.21. The van der Waals surface area contributed by atoms with Crippen molar-refractivity contribution < 1.29 is 9.53 Å².